The molecular formula is C10H19ClO. The van der Waals surface area contributed by atoms with Gasteiger partial charge in [0.15, 0.2) is 0 Å². The van der Waals surface area contributed by atoms with Crippen molar-refractivity contribution < 1.29 is 4.74 Å². The van der Waals surface area contributed by atoms with E-state index in [4.69, 9.17) is 16.3 Å². The Bertz CT molecular complexity index is 167. The van der Waals surface area contributed by atoms with E-state index in [2.05, 4.69) is 20.8 Å². The Morgan fingerprint density at radius 2 is 2.17 bits per heavy atom. The van der Waals surface area contributed by atoms with E-state index < -0.39 is 0 Å². The maximum atomic E-state index is 5.81. The SMILES string of the molecule is COC(C)(C)CC1(C)CC1CCl. The Balaban J connectivity index is 2.42. The zero-order valence-electron chi connectivity index (χ0n) is 8.48. The van der Waals surface area contributed by atoms with Crippen LogP contribution in [-0.2, 0) is 4.74 Å². The van der Waals surface area contributed by atoms with E-state index in [9.17, 15) is 0 Å². The molecule has 0 spiro atoms. The summed E-state index contributed by atoms with van der Waals surface area (Å²) in [4.78, 5) is 0. The summed E-state index contributed by atoms with van der Waals surface area (Å²) in [6.07, 6.45) is 2.39. The average molecular weight is 191 g/mol. The van der Waals surface area contributed by atoms with Crippen LogP contribution >= 0.6 is 11.6 Å². The van der Waals surface area contributed by atoms with E-state index in [0.29, 0.717) is 11.3 Å². The molecule has 1 aliphatic rings. The molecule has 2 heteroatoms. The van der Waals surface area contributed by atoms with Gasteiger partial charge in [0.05, 0.1) is 5.60 Å². The van der Waals surface area contributed by atoms with Crippen LogP contribution in [0.25, 0.3) is 0 Å². The second-order valence-electron chi connectivity index (χ2n) is 4.85. The zero-order chi connectivity index (χ0) is 9.41. The molecule has 72 valence electrons. The monoisotopic (exact) mass is 190 g/mol. The highest BCUT2D eigenvalue weighted by Gasteiger charge is 2.51. The van der Waals surface area contributed by atoms with Gasteiger partial charge in [-0.15, -0.1) is 11.6 Å². The lowest BCUT2D eigenvalue weighted by Crippen LogP contribution is -2.26. The lowest BCUT2D eigenvalue weighted by atomic mass is 9.90. The molecule has 1 saturated carbocycles. The highest BCUT2D eigenvalue weighted by atomic mass is 35.5. The number of hydrogen-bond donors (Lipinski definition) is 0. The first-order valence-corrected chi connectivity index (χ1v) is 5.08. The van der Waals surface area contributed by atoms with Crippen LogP contribution in [0.3, 0.4) is 0 Å². The van der Waals surface area contributed by atoms with Gasteiger partial charge >= 0.3 is 0 Å². The summed E-state index contributed by atoms with van der Waals surface area (Å²) in [6.45, 7) is 6.59. The third-order valence-corrected chi connectivity index (χ3v) is 3.48. The summed E-state index contributed by atoms with van der Waals surface area (Å²) in [7, 11) is 1.78. The fourth-order valence-electron chi connectivity index (χ4n) is 2.01. The standard InChI is InChI=1S/C10H19ClO/c1-9(2,12-4)7-10(3)5-8(10)6-11/h8H,5-7H2,1-4H3. The summed E-state index contributed by atoms with van der Waals surface area (Å²) >= 11 is 5.81. The van der Waals surface area contributed by atoms with Crippen LogP contribution < -0.4 is 0 Å². The van der Waals surface area contributed by atoms with Crippen LogP contribution in [-0.4, -0.2) is 18.6 Å². The Labute approximate surface area is 80.4 Å². The lowest BCUT2D eigenvalue weighted by Gasteiger charge is -2.27. The van der Waals surface area contributed by atoms with Crippen LogP contribution in [0.1, 0.15) is 33.6 Å². The molecule has 1 nitrogen and oxygen atoms in total. The van der Waals surface area contributed by atoms with Crippen molar-refractivity contribution in [3.8, 4) is 0 Å². The molecule has 0 radical (unpaired) electrons. The third-order valence-electron chi connectivity index (χ3n) is 3.11. The van der Waals surface area contributed by atoms with E-state index in [0.717, 1.165) is 12.3 Å². The van der Waals surface area contributed by atoms with Crippen molar-refractivity contribution in [1.29, 1.82) is 0 Å². The number of ether oxygens (including phenoxy) is 1. The van der Waals surface area contributed by atoms with Crippen LogP contribution in [0.5, 0.6) is 0 Å². The first kappa shape index (κ1) is 10.3. The quantitative estimate of drug-likeness (QED) is 0.620. The predicted octanol–water partition coefficient (Wildman–Crippen LogP) is 3.07. The van der Waals surface area contributed by atoms with Gasteiger partial charge in [0.1, 0.15) is 0 Å². The predicted molar refractivity (Wildman–Crippen MR) is 52.6 cm³/mol. The van der Waals surface area contributed by atoms with Crippen LogP contribution in [0.4, 0.5) is 0 Å². The van der Waals surface area contributed by atoms with Crippen molar-refractivity contribution in [1.82, 2.24) is 0 Å². The Hall–Kier alpha value is 0.250. The van der Waals surface area contributed by atoms with Crippen LogP contribution in [0.15, 0.2) is 0 Å². The molecule has 0 amide bonds. The zero-order valence-corrected chi connectivity index (χ0v) is 9.24. The fraction of sp³-hybridized carbons (Fsp3) is 1.00. The van der Waals surface area contributed by atoms with Gasteiger partial charge in [-0.05, 0) is 38.0 Å². The molecule has 0 heterocycles. The molecule has 1 aliphatic carbocycles. The molecule has 0 aliphatic heterocycles. The molecule has 0 N–H and O–H groups in total. The summed E-state index contributed by atoms with van der Waals surface area (Å²) in [5.74, 6) is 1.52. The van der Waals surface area contributed by atoms with Gasteiger partial charge in [-0.1, -0.05) is 6.92 Å². The number of hydrogen-bond acceptors (Lipinski definition) is 1. The highest BCUT2D eigenvalue weighted by Crippen LogP contribution is 2.57. The summed E-state index contributed by atoms with van der Waals surface area (Å²) in [5.41, 5.74) is 0.455. The normalized spacial score (nSPS) is 35.2. The Kier molecular flexibility index (Phi) is 2.75. The van der Waals surface area contributed by atoms with Crippen LogP contribution in [0.2, 0.25) is 0 Å². The highest BCUT2D eigenvalue weighted by molar-refractivity contribution is 6.18. The molecule has 0 aromatic rings. The molecule has 12 heavy (non-hydrogen) atoms. The maximum absolute atomic E-state index is 5.81. The van der Waals surface area contributed by atoms with Gasteiger partial charge < -0.3 is 4.74 Å². The maximum Gasteiger partial charge on any atom is 0.0628 e. The summed E-state index contributed by atoms with van der Waals surface area (Å²) < 4.78 is 5.40. The molecule has 2 unspecified atom stereocenters. The van der Waals surface area contributed by atoms with Crippen molar-refractivity contribution in [2.24, 2.45) is 11.3 Å². The molecule has 0 aromatic heterocycles. The van der Waals surface area contributed by atoms with Gasteiger partial charge in [-0.2, -0.15) is 0 Å². The van der Waals surface area contributed by atoms with Crippen molar-refractivity contribution in [3.05, 3.63) is 0 Å². The number of rotatable bonds is 4. The second kappa shape index (κ2) is 3.19. The first-order valence-electron chi connectivity index (χ1n) is 4.55. The van der Waals surface area contributed by atoms with E-state index in [1.165, 1.54) is 6.42 Å². The summed E-state index contributed by atoms with van der Waals surface area (Å²) in [6, 6.07) is 0. The van der Waals surface area contributed by atoms with Gasteiger partial charge in [0, 0.05) is 13.0 Å². The van der Waals surface area contributed by atoms with Crippen molar-refractivity contribution in [2.45, 2.75) is 39.2 Å². The number of halogens is 1. The first-order chi connectivity index (χ1) is 5.43. The number of alkyl halides is 1. The lowest BCUT2D eigenvalue weighted by molar-refractivity contribution is -0.00131. The van der Waals surface area contributed by atoms with E-state index in [-0.39, 0.29) is 5.60 Å². The minimum Gasteiger partial charge on any atom is -0.379 e. The van der Waals surface area contributed by atoms with Gasteiger partial charge in [0.2, 0.25) is 0 Å². The average Bonchev–Trinajstić information content (AvgIpc) is 2.60. The molecule has 0 saturated heterocycles. The third kappa shape index (κ3) is 2.14. The van der Waals surface area contributed by atoms with Crippen LogP contribution in [0, 0.1) is 11.3 Å². The fourth-order valence-corrected chi connectivity index (χ4v) is 2.49. The topological polar surface area (TPSA) is 9.23 Å². The number of methoxy groups -OCH3 is 1. The summed E-state index contributed by atoms with van der Waals surface area (Å²) in [5, 5.41) is 0. The smallest absolute Gasteiger partial charge is 0.0628 e. The van der Waals surface area contributed by atoms with Crippen molar-refractivity contribution >= 4 is 11.6 Å². The molecule has 0 bridgehead atoms. The Morgan fingerprint density at radius 3 is 2.50 bits per heavy atom. The molecular weight excluding hydrogens is 172 g/mol. The van der Waals surface area contributed by atoms with Gasteiger partial charge in [-0.3, -0.25) is 0 Å². The van der Waals surface area contributed by atoms with Gasteiger partial charge in [-0.25, -0.2) is 0 Å². The molecule has 0 aromatic carbocycles. The van der Waals surface area contributed by atoms with E-state index in [1.54, 1.807) is 7.11 Å². The Morgan fingerprint density at radius 1 is 1.58 bits per heavy atom. The largest absolute Gasteiger partial charge is 0.379 e. The van der Waals surface area contributed by atoms with Crippen molar-refractivity contribution in [3.63, 3.8) is 0 Å². The molecule has 1 rings (SSSR count). The van der Waals surface area contributed by atoms with E-state index >= 15 is 0 Å². The second-order valence-corrected chi connectivity index (χ2v) is 5.16. The van der Waals surface area contributed by atoms with E-state index in [1.807, 2.05) is 0 Å². The molecule has 1 fully saturated rings. The molecule has 2 atom stereocenters. The minimum atomic E-state index is 0.00948. The van der Waals surface area contributed by atoms with Crippen molar-refractivity contribution in [2.75, 3.05) is 13.0 Å². The van der Waals surface area contributed by atoms with Gasteiger partial charge in [0.25, 0.3) is 0 Å². The minimum absolute atomic E-state index is 0.00948.